The fraction of sp³-hybridized carbons (Fsp3) is 0.875. The lowest BCUT2D eigenvalue weighted by Crippen LogP contribution is -2.46. The highest BCUT2D eigenvalue weighted by Crippen LogP contribution is 2.58. The fourth-order valence-electron chi connectivity index (χ4n) is 5.50. The Kier molecular flexibility index (Phi) is 2.92. The fourth-order valence-corrected chi connectivity index (χ4v) is 5.50. The molecule has 0 aliphatic heterocycles. The van der Waals surface area contributed by atoms with Crippen LogP contribution in [0.5, 0.6) is 0 Å². The third kappa shape index (κ3) is 1.77. The summed E-state index contributed by atoms with van der Waals surface area (Å²) in [5.74, 6) is 6.06. The van der Waals surface area contributed by atoms with Gasteiger partial charge in [0, 0.05) is 6.04 Å². The van der Waals surface area contributed by atoms with Gasteiger partial charge >= 0.3 is 0 Å². The van der Waals surface area contributed by atoms with Gasteiger partial charge in [0.25, 0.3) is 0 Å². The average molecular weight is 274 g/mol. The van der Waals surface area contributed by atoms with Crippen LogP contribution in [0.25, 0.3) is 0 Å². The Morgan fingerprint density at radius 3 is 2.20 bits per heavy atom. The predicted octanol–water partition coefficient (Wildman–Crippen LogP) is 2.86. The first-order valence-electron chi connectivity index (χ1n) is 8.26. The van der Waals surface area contributed by atoms with E-state index in [1.807, 2.05) is 7.05 Å². The minimum absolute atomic E-state index is 0.286. The molecule has 20 heavy (non-hydrogen) atoms. The zero-order valence-corrected chi connectivity index (χ0v) is 12.8. The van der Waals surface area contributed by atoms with Crippen LogP contribution in [0.2, 0.25) is 0 Å². The Balaban J connectivity index is 1.72. The number of rotatable bonds is 3. The maximum absolute atomic E-state index is 4.47. The molecule has 4 aliphatic carbocycles. The van der Waals surface area contributed by atoms with Gasteiger partial charge < -0.3 is 9.88 Å². The number of aryl methyl sites for hydroxylation is 1. The molecule has 1 aromatic heterocycles. The Morgan fingerprint density at radius 1 is 1.05 bits per heavy atom. The van der Waals surface area contributed by atoms with Gasteiger partial charge in [-0.3, -0.25) is 0 Å². The standard InChI is InChI=1S/C16H26N4/c1-9(17-3)16-19-18-10(2)20(16)15-13-5-11-4-12(7-13)8-14(15)6-11/h9,11-15,17H,4-8H2,1-3H3. The largest absolute Gasteiger partial charge is 0.311 e. The molecule has 4 bridgehead atoms. The average Bonchev–Trinajstić information content (AvgIpc) is 2.79. The highest BCUT2D eigenvalue weighted by Gasteiger charge is 2.49. The maximum atomic E-state index is 4.47. The monoisotopic (exact) mass is 274 g/mol. The minimum Gasteiger partial charge on any atom is -0.311 e. The zero-order chi connectivity index (χ0) is 13.9. The molecule has 4 aliphatic rings. The highest BCUT2D eigenvalue weighted by atomic mass is 15.3. The second-order valence-corrected chi connectivity index (χ2v) is 7.41. The van der Waals surface area contributed by atoms with Crippen LogP contribution in [0, 0.1) is 30.6 Å². The molecule has 0 radical (unpaired) electrons. The van der Waals surface area contributed by atoms with Gasteiger partial charge in [0.1, 0.15) is 11.6 Å². The third-order valence-corrected chi connectivity index (χ3v) is 6.19. The van der Waals surface area contributed by atoms with Crippen molar-refractivity contribution >= 4 is 0 Å². The summed E-state index contributed by atoms with van der Waals surface area (Å²) < 4.78 is 2.49. The predicted molar refractivity (Wildman–Crippen MR) is 78.3 cm³/mol. The van der Waals surface area contributed by atoms with Crippen LogP contribution in [0.3, 0.4) is 0 Å². The van der Waals surface area contributed by atoms with Crippen molar-refractivity contribution in [3.63, 3.8) is 0 Å². The Bertz CT molecular complexity index is 479. The van der Waals surface area contributed by atoms with Gasteiger partial charge in [-0.05, 0) is 76.7 Å². The number of nitrogens with one attached hydrogen (secondary N) is 1. The van der Waals surface area contributed by atoms with Crippen molar-refractivity contribution in [1.82, 2.24) is 20.1 Å². The molecular formula is C16H26N4. The van der Waals surface area contributed by atoms with Crippen LogP contribution in [-0.4, -0.2) is 21.8 Å². The van der Waals surface area contributed by atoms with Gasteiger partial charge in [-0.25, -0.2) is 0 Å². The van der Waals surface area contributed by atoms with Crippen LogP contribution in [0.15, 0.2) is 0 Å². The quantitative estimate of drug-likeness (QED) is 0.921. The number of aromatic nitrogens is 3. The topological polar surface area (TPSA) is 42.7 Å². The molecule has 0 spiro atoms. The van der Waals surface area contributed by atoms with Crippen molar-refractivity contribution in [2.75, 3.05) is 7.05 Å². The summed E-state index contributed by atoms with van der Waals surface area (Å²) in [7, 11) is 2.01. The summed E-state index contributed by atoms with van der Waals surface area (Å²) in [4.78, 5) is 0. The second kappa shape index (κ2) is 4.55. The van der Waals surface area contributed by atoms with E-state index in [0.29, 0.717) is 6.04 Å². The molecule has 4 fully saturated rings. The van der Waals surface area contributed by atoms with Crippen molar-refractivity contribution < 1.29 is 0 Å². The van der Waals surface area contributed by atoms with E-state index in [1.165, 1.54) is 32.1 Å². The van der Waals surface area contributed by atoms with E-state index in [2.05, 4.69) is 33.9 Å². The molecule has 1 heterocycles. The number of hydrogen-bond acceptors (Lipinski definition) is 3. The summed E-state index contributed by atoms with van der Waals surface area (Å²) >= 11 is 0. The van der Waals surface area contributed by atoms with E-state index in [-0.39, 0.29) is 6.04 Å². The van der Waals surface area contributed by atoms with Gasteiger partial charge in [-0.2, -0.15) is 0 Å². The van der Waals surface area contributed by atoms with Gasteiger partial charge in [0.15, 0.2) is 0 Å². The molecule has 1 unspecified atom stereocenters. The summed E-state index contributed by atoms with van der Waals surface area (Å²) in [6.07, 6.45) is 7.30. The molecule has 1 aromatic rings. The van der Waals surface area contributed by atoms with Crippen molar-refractivity contribution in [3.8, 4) is 0 Å². The minimum atomic E-state index is 0.286. The molecule has 4 heteroatoms. The Morgan fingerprint density at radius 2 is 1.65 bits per heavy atom. The summed E-state index contributed by atoms with van der Waals surface area (Å²) in [6, 6.07) is 0.956. The second-order valence-electron chi connectivity index (χ2n) is 7.41. The zero-order valence-electron chi connectivity index (χ0n) is 12.8. The van der Waals surface area contributed by atoms with Gasteiger partial charge in [0.2, 0.25) is 0 Å². The van der Waals surface area contributed by atoms with Crippen LogP contribution < -0.4 is 5.32 Å². The van der Waals surface area contributed by atoms with E-state index < -0.39 is 0 Å². The molecular weight excluding hydrogens is 248 g/mol. The van der Waals surface area contributed by atoms with Gasteiger partial charge in [-0.1, -0.05) is 0 Å². The lowest BCUT2D eigenvalue weighted by molar-refractivity contribution is -0.0313. The van der Waals surface area contributed by atoms with E-state index in [4.69, 9.17) is 0 Å². The number of nitrogens with zero attached hydrogens (tertiary/aromatic N) is 3. The SMILES string of the molecule is CNC(C)c1nnc(C)n1C1C2CC3CC(C2)CC1C3. The number of hydrogen-bond donors (Lipinski definition) is 1. The molecule has 4 nitrogen and oxygen atoms in total. The summed E-state index contributed by atoms with van der Waals surface area (Å²) in [6.45, 7) is 4.32. The molecule has 1 N–H and O–H groups in total. The van der Waals surface area contributed by atoms with Gasteiger partial charge in [-0.15, -0.1) is 10.2 Å². The molecule has 1 atom stereocenters. The molecule has 110 valence electrons. The van der Waals surface area contributed by atoms with Crippen LogP contribution >= 0.6 is 0 Å². The van der Waals surface area contributed by atoms with Crippen LogP contribution in [0.4, 0.5) is 0 Å². The van der Waals surface area contributed by atoms with Gasteiger partial charge in [0.05, 0.1) is 6.04 Å². The van der Waals surface area contributed by atoms with E-state index in [9.17, 15) is 0 Å². The van der Waals surface area contributed by atoms with Crippen molar-refractivity contribution in [1.29, 1.82) is 0 Å². The summed E-state index contributed by atoms with van der Waals surface area (Å²) in [5, 5.41) is 12.2. The molecule has 0 aromatic carbocycles. The lowest BCUT2D eigenvalue weighted by Gasteiger charge is -2.55. The maximum Gasteiger partial charge on any atom is 0.150 e. The molecule has 5 rings (SSSR count). The first kappa shape index (κ1) is 12.8. The Labute approximate surface area is 121 Å². The highest BCUT2D eigenvalue weighted by molar-refractivity contribution is 5.08. The third-order valence-electron chi connectivity index (χ3n) is 6.19. The summed E-state index contributed by atoms with van der Waals surface area (Å²) in [5.41, 5.74) is 0. The van der Waals surface area contributed by atoms with Crippen LogP contribution in [0.1, 0.15) is 62.8 Å². The van der Waals surface area contributed by atoms with E-state index >= 15 is 0 Å². The van der Waals surface area contributed by atoms with E-state index in [1.54, 1.807) is 0 Å². The lowest BCUT2D eigenvalue weighted by atomic mass is 9.54. The first-order valence-corrected chi connectivity index (χ1v) is 8.26. The van der Waals surface area contributed by atoms with Crippen molar-refractivity contribution in [3.05, 3.63) is 11.6 Å². The molecule has 4 saturated carbocycles. The molecule has 0 amide bonds. The smallest absolute Gasteiger partial charge is 0.150 e. The molecule has 0 saturated heterocycles. The normalized spacial score (nSPS) is 40.2. The van der Waals surface area contributed by atoms with Crippen molar-refractivity contribution in [2.24, 2.45) is 23.7 Å². The van der Waals surface area contributed by atoms with Crippen molar-refractivity contribution in [2.45, 2.75) is 58.0 Å². The first-order chi connectivity index (χ1) is 9.67. The Hall–Kier alpha value is -0.900. The van der Waals surface area contributed by atoms with E-state index in [0.717, 1.165) is 35.3 Å². The van der Waals surface area contributed by atoms with Crippen LogP contribution in [-0.2, 0) is 0 Å².